The number of nitrogens with one attached hydrogen (secondary N) is 1. The van der Waals surface area contributed by atoms with Crippen molar-refractivity contribution in [3.05, 3.63) is 47.3 Å². The fourth-order valence-corrected chi connectivity index (χ4v) is 2.53. The molecule has 0 spiro atoms. The molecule has 0 amide bonds. The van der Waals surface area contributed by atoms with Gasteiger partial charge >= 0.3 is 0 Å². The van der Waals surface area contributed by atoms with E-state index in [-0.39, 0.29) is 22.8 Å². The largest absolute Gasteiger partial charge is 0.492 e. The fourth-order valence-electron chi connectivity index (χ4n) is 2.53. The van der Waals surface area contributed by atoms with Crippen molar-refractivity contribution in [3.63, 3.8) is 0 Å². The zero-order valence-corrected chi connectivity index (χ0v) is 15.0. The van der Waals surface area contributed by atoms with E-state index in [1.54, 1.807) is 6.92 Å². The van der Waals surface area contributed by atoms with Gasteiger partial charge in [0.1, 0.15) is 11.6 Å². The highest BCUT2D eigenvalue weighted by atomic mass is 16.3. The molecule has 2 aromatic heterocycles. The maximum Gasteiger partial charge on any atom is 0.243 e. The van der Waals surface area contributed by atoms with Crippen LogP contribution in [0.15, 0.2) is 40.6 Å². The maximum atomic E-state index is 10.5. The van der Waals surface area contributed by atoms with Crippen molar-refractivity contribution in [2.24, 2.45) is 10.2 Å². The summed E-state index contributed by atoms with van der Waals surface area (Å²) in [7, 11) is 0. The summed E-state index contributed by atoms with van der Waals surface area (Å²) in [6, 6.07) is 11.4. The Labute approximate surface area is 150 Å². The third kappa shape index (κ3) is 3.07. The first-order valence-corrected chi connectivity index (χ1v) is 8.07. The van der Waals surface area contributed by atoms with E-state index in [0.717, 1.165) is 0 Å². The number of nitrogens with zero attached hydrogens (tertiary/aromatic N) is 6. The summed E-state index contributed by atoms with van der Waals surface area (Å²) in [6.45, 7) is 7.62. The van der Waals surface area contributed by atoms with Gasteiger partial charge in [0.05, 0.1) is 17.1 Å². The number of H-pyrrole nitrogens is 1. The Balaban J connectivity index is 2.00. The number of hydrogen-bond donors (Lipinski definition) is 2. The summed E-state index contributed by atoms with van der Waals surface area (Å²) in [6.07, 6.45) is 0. The number of hydrogen-bond acceptors (Lipinski definition) is 6. The number of aryl methyl sites for hydroxylation is 1. The van der Waals surface area contributed by atoms with Crippen molar-refractivity contribution < 1.29 is 5.11 Å². The van der Waals surface area contributed by atoms with Crippen LogP contribution in [-0.2, 0) is 5.41 Å². The van der Waals surface area contributed by atoms with Crippen molar-refractivity contribution >= 4 is 11.5 Å². The fraction of sp³-hybridized carbons (Fsp3) is 0.278. The second-order valence-electron chi connectivity index (χ2n) is 6.86. The van der Waals surface area contributed by atoms with E-state index in [1.807, 2.05) is 51.1 Å². The minimum atomic E-state index is -0.300. The van der Waals surface area contributed by atoms with Crippen LogP contribution in [0.2, 0.25) is 0 Å². The molecule has 0 aliphatic carbocycles. The highest BCUT2D eigenvalue weighted by Gasteiger charge is 2.24. The highest BCUT2D eigenvalue weighted by Crippen LogP contribution is 2.35. The van der Waals surface area contributed by atoms with E-state index in [4.69, 9.17) is 0 Å². The van der Waals surface area contributed by atoms with Crippen molar-refractivity contribution in [3.8, 4) is 17.6 Å². The molecule has 0 radical (unpaired) electrons. The van der Waals surface area contributed by atoms with Crippen molar-refractivity contribution in [2.75, 3.05) is 0 Å². The van der Waals surface area contributed by atoms with Gasteiger partial charge in [0.15, 0.2) is 11.5 Å². The van der Waals surface area contributed by atoms with E-state index in [1.165, 1.54) is 4.68 Å². The molecular weight excluding hydrogens is 330 g/mol. The van der Waals surface area contributed by atoms with Gasteiger partial charge in [-0.1, -0.05) is 39.0 Å². The molecule has 0 aliphatic heterocycles. The molecule has 2 heterocycles. The van der Waals surface area contributed by atoms with Crippen LogP contribution in [0.4, 0.5) is 11.5 Å². The number of azo groups is 1. The Morgan fingerprint density at radius 2 is 1.88 bits per heavy atom. The molecule has 2 N–H and O–H groups in total. The topological polar surface area (TPSA) is 115 Å². The molecule has 0 unspecified atom stereocenters. The molecule has 0 aliphatic rings. The summed E-state index contributed by atoms with van der Waals surface area (Å²) in [5.74, 6) is 0.134. The predicted octanol–water partition coefficient (Wildman–Crippen LogP) is 4.19. The first kappa shape index (κ1) is 17.4. The first-order chi connectivity index (χ1) is 12.3. The molecule has 8 heteroatoms. The minimum absolute atomic E-state index is 0.119. The molecule has 1 aromatic carbocycles. The SMILES string of the molecule is Cc1nn(-c2ccccc2)c(O)c1/N=N/c1[nH]nc(C(C)(C)C)c1C#N. The van der Waals surface area contributed by atoms with Crippen LogP contribution in [0.3, 0.4) is 0 Å². The van der Waals surface area contributed by atoms with Crippen LogP contribution in [-0.4, -0.2) is 25.1 Å². The van der Waals surface area contributed by atoms with Crippen LogP contribution in [0.25, 0.3) is 5.69 Å². The third-order valence-corrected chi connectivity index (χ3v) is 3.83. The van der Waals surface area contributed by atoms with Gasteiger partial charge in [-0.05, 0) is 19.1 Å². The molecule has 3 aromatic rings. The first-order valence-electron chi connectivity index (χ1n) is 8.07. The molecule has 0 atom stereocenters. The lowest BCUT2D eigenvalue weighted by atomic mass is 9.90. The van der Waals surface area contributed by atoms with Crippen LogP contribution < -0.4 is 0 Å². The lowest BCUT2D eigenvalue weighted by molar-refractivity contribution is 0.434. The number of aromatic amines is 1. The number of benzene rings is 1. The summed E-state index contributed by atoms with van der Waals surface area (Å²) in [5, 5.41) is 39.3. The molecule has 0 saturated carbocycles. The summed E-state index contributed by atoms with van der Waals surface area (Å²) < 4.78 is 1.39. The van der Waals surface area contributed by atoms with E-state index < -0.39 is 0 Å². The predicted molar refractivity (Wildman–Crippen MR) is 96.1 cm³/mol. The standard InChI is InChI=1S/C18H19N7O/c1-11-14(17(26)25(24-11)12-8-6-5-7-9-12)20-22-16-13(10-19)15(21-23-16)18(2,3)4/h5-9,26H,1-4H3,(H,21,23)/b22-20+. The van der Waals surface area contributed by atoms with Crippen molar-refractivity contribution in [1.29, 1.82) is 5.26 Å². The molecule has 26 heavy (non-hydrogen) atoms. The number of aromatic hydroxyl groups is 1. The second kappa shape index (κ2) is 6.44. The minimum Gasteiger partial charge on any atom is -0.492 e. The normalized spacial score (nSPS) is 11.8. The van der Waals surface area contributed by atoms with E-state index >= 15 is 0 Å². The molecule has 132 valence electrons. The number of rotatable bonds is 3. The monoisotopic (exact) mass is 349 g/mol. The second-order valence-corrected chi connectivity index (χ2v) is 6.86. The third-order valence-electron chi connectivity index (χ3n) is 3.83. The van der Waals surface area contributed by atoms with Gasteiger partial charge in [0.2, 0.25) is 5.88 Å². The zero-order valence-electron chi connectivity index (χ0n) is 15.0. The van der Waals surface area contributed by atoms with Crippen LogP contribution in [0.1, 0.15) is 37.7 Å². The Kier molecular flexibility index (Phi) is 4.30. The van der Waals surface area contributed by atoms with Gasteiger partial charge in [-0.2, -0.15) is 20.1 Å². The van der Waals surface area contributed by atoms with E-state index in [2.05, 4.69) is 31.6 Å². The van der Waals surface area contributed by atoms with E-state index in [0.29, 0.717) is 22.6 Å². The maximum absolute atomic E-state index is 10.5. The van der Waals surface area contributed by atoms with Gasteiger partial charge in [-0.25, -0.2) is 0 Å². The lowest BCUT2D eigenvalue weighted by Gasteiger charge is -2.14. The summed E-state index contributed by atoms with van der Waals surface area (Å²) in [4.78, 5) is 0. The quantitative estimate of drug-likeness (QED) is 0.689. The molecular formula is C18H19N7O. The Hall–Kier alpha value is -3.47. The van der Waals surface area contributed by atoms with Gasteiger partial charge in [-0.15, -0.1) is 10.2 Å². The summed E-state index contributed by atoms with van der Waals surface area (Å²) in [5.41, 5.74) is 2.13. The smallest absolute Gasteiger partial charge is 0.243 e. The van der Waals surface area contributed by atoms with Crippen molar-refractivity contribution in [2.45, 2.75) is 33.1 Å². The number of aromatic nitrogens is 4. The van der Waals surface area contributed by atoms with Crippen LogP contribution >= 0.6 is 0 Å². The average molecular weight is 349 g/mol. The van der Waals surface area contributed by atoms with Gasteiger partial charge in [0.25, 0.3) is 0 Å². The molecule has 3 rings (SSSR count). The highest BCUT2D eigenvalue weighted by molar-refractivity contribution is 5.56. The number of para-hydroxylation sites is 1. The Bertz CT molecular complexity index is 1000. The molecule has 0 saturated heterocycles. The van der Waals surface area contributed by atoms with Crippen molar-refractivity contribution in [1.82, 2.24) is 20.0 Å². The summed E-state index contributed by atoms with van der Waals surface area (Å²) >= 11 is 0. The molecule has 0 bridgehead atoms. The van der Waals surface area contributed by atoms with Gasteiger partial charge in [-0.3, -0.25) is 5.10 Å². The van der Waals surface area contributed by atoms with Crippen LogP contribution in [0, 0.1) is 18.3 Å². The Morgan fingerprint density at radius 3 is 2.50 bits per heavy atom. The number of nitriles is 1. The van der Waals surface area contributed by atoms with Gasteiger partial charge in [0, 0.05) is 5.41 Å². The van der Waals surface area contributed by atoms with E-state index in [9.17, 15) is 10.4 Å². The average Bonchev–Trinajstić information content (AvgIpc) is 3.14. The van der Waals surface area contributed by atoms with Gasteiger partial charge < -0.3 is 5.11 Å². The zero-order chi connectivity index (χ0) is 18.9. The molecule has 8 nitrogen and oxygen atoms in total. The van der Waals surface area contributed by atoms with Crippen LogP contribution in [0.5, 0.6) is 5.88 Å². The molecule has 0 fully saturated rings. The lowest BCUT2D eigenvalue weighted by Crippen LogP contribution is -2.13. The Morgan fingerprint density at radius 1 is 1.19 bits per heavy atom.